The number of hydrogen-bond acceptors (Lipinski definition) is 10. The third kappa shape index (κ3) is 9.15. The van der Waals surface area contributed by atoms with Crippen molar-refractivity contribution in [3.63, 3.8) is 0 Å². The van der Waals surface area contributed by atoms with Crippen molar-refractivity contribution in [3.05, 3.63) is 89.4 Å². The zero-order chi connectivity index (χ0) is 41.6. The van der Waals surface area contributed by atoms with E-state index < -0.39 is 29.7 Å². The summed E-state index contributed by atoms with van der Waals surface area (Å²) in [6.07, 6.45) is 13.3. The van der Waals surface area contributed by atoms with Gasteiger partial charge in [-0.2, -0.15) is 0 Å². The second-order valence-corrected chi connectivity index (χ2v) is 16.2. The summed E-state index contributed by atoms with van der Waals surface area (Å²) in [5, 5.41) is 17.3. The van der Waals surface area contributed by atoms with E-state index in [0.29, 0.717) is 35.1 Å². The largest absolute Gasteiger partial charge is 0.384 e. The topological polar surface area (TPSA) is 187 Å². The zero-order valence-corrected chi connectivity index (χ0v) is 34.0. The number of imidazole rings is 1. The summed E-state index contributed by atoms with van der Waals surface area (Å²) in [5.41, 5.74) is 5.91. The highest BCUT2D eigenvalue weighted by Crippen LogP contribution is 2.32. The Morgan fingerprint density at radius 1 is 0.883 bits per heavy atom. The molecule has 1 unspecified atom stereocenters. The van der Waals surface area contributed by atoms with Crippen LogP contribution in [0, 0.1) is 0 Å². The molecule has 0 spiro atoms. The maximum atomic E-state index is 13.3. The van der Waals surface area contributed by atoms with Gasteiger partial charge in [-0.15, -0.1) is 5.10 Å². The van der Waals surface area contributed by atoms with Gasteiger partial charge in [0.25, 0.3) is 17.7 Å². The summed E-state index contributed by atoms with van der Waals surface area (Å²) in [4.78, 5) is 75.0. The molecule has 2 aromatic heterocycles. The number of nitrogens with one attached hydrogen (secondary N) is 4. The number of nitrogens with zero attached hydrogens (tertiary/aromatic N) is 6. The molecule has 4 N–H and O–H groups in total. The standard InChI is InChI=1S/C45H52N10O5/c1-29-12-11-24-53(29)28-39-48-34-20-19-32(26-36(34)49-39)47-42(57)31-17-15-30(16-18-31)37-27-54(52-51-37)25-9-7-5-3-2-4-6-8-23-46-35-14-10-13-33-41(35)45(60)55(44(33)59)38-21-22-40(56)50-43(38)58/h10,13-20,26-27,29,38,46H,2-9,11-12,21-25,28H2,1H3,(H,47,57)(H,48,49)(H,50,56,58)/t29-,38?/m0/s1. The molecule has 2 atom stereocenters. The van der Waals surface area contributed by atoms with E-state index in [4.69, 9.17) is 4.98 Å². The minimum absolute atomic E-state index is 0.0907. The molecule has 15 nitrogen and oxygen atoms in total. The molecule has 0 saturated carbocycles. The molecule has 8 rings (SSSR count). The number of rotatable bonds is 18. The number of unbranched alkanes of at least 4 members (excludes halogenated alkanes) is 7. The molecule has 60 heavy (non-hydrogen) atoms. The van der Waals surface area contributed by atoms with Gasteiger partial charge in [-0.05, 0) is 88.0 Å². The highest BCUT2D eigenvalue weighted by atomic mass is 16.2. The number of amides is 5. The number of likely N-dealkylation sites (tertiary alicyclic amines) is 1. The maximum absolute atomic E-state index is 13.3. The number of hydrogen-bond donors (Lipinski definition) is 4. The fraction of sp³-hybridized carbons (Fsp3) is 0.422. The van der Waals surface area contributed by atoms with E-state index in [1.807, 2.05) is 53.3 Å². The molecule has 312 valence electrons. The van der Waals surface area contributed by atoms with Gasteiger partial charge in [0.2, 0.25) is 11.8 Å². The maximum Gasteiger partial charge on any atom is 0.264 e. The Bertz CT molecular complexity index is 2390. The molecule has 2 saturated heterocycles. The van der Waals surface area contributed by atoms with Crippen LogP contribution in [-0.4, -0.2) is 89.5 Å². The van der Waals surface area contributed by atoms with Crippen LogP contribution < -0.4 is 16.0 Å². The van der Waals surface area contributed by atoms with E-state index in [1.54, 1.807) is 18.2 Å². The van der Waals surface area contributed by atoms with Gasteiger partial charge < -0.3 is 15.6 Å². The van der Waals surface area contributed by atoms with Crippen LogP contribution in [0.5, 0.6) is 0 Å². The van der Waals surface area contributed by atoms with E-state index in [9.17, 15) is 24.0 Å². The van der Waals surface area contributed by atoms with Crippen molar-refractivity contribution in [1.29, 1.82) is 0 Å². The van der Waals surface area contributed by atoms with Crippen molar-refractivity contribution in [2.45, 2.75) is 109 Å². The molecule has 3 aliphatic heterocycles. The van der Waals surface area contributed by atoms with E-state index in [2.05, 4.69) is 43.1 Å². The van der Waals surface area contributed by atoms with Gasteiger partial charge in [0.15, 0.2) is 0 Å². The first-order chi connectivity index (χ1) is 29.2. The number of fused-ring (bicyclic) bond motifs is 2. The van der Waals surface area contributed by atoms with Crippen LogP contribution in [0.25, 0.3) is 22.3 Å². The number of carbonyl (C=O) groups excluding carboxylic acids is 5. The number of aromatic amines is 1. The fourth-order valence-corrected chi connectivity index (χ4v) is 8.52. The first-order valence-corrected chi connectivity index (χ1v) is 21.3. The number of aryl methyl sites for hydroxylation is 1. The summed E-state index contributed by atoms with van der Waals surface area (Å²) in [7, 11) is 0. The molecule has 15 heteroatoms. The van der Waals surface area contributed by atoms with Crippen LogP contribution >= 0.6 is 0 Å². The van der Waals surface area contributed by atoms with Gasteiger partial charge in [-0.25, -0.2) is 4.98 Å². The van der Waals surface area contributed by atoms with Crippen LogP contribution in [0.15, 0.2) is 66.9 Å². The Labute approximate surface area is 348 Å². The molecule has 3 aromatic carbocycles. The average Bonchev–Trinajstić information content (AvgIpc) is 4.04. The lowest BCUT2D eigenvalue weighted by Crippen LogP contribution is -2.54. The van der Waals surface area contributed by atoms with Gasteiger partial charge >= 0.3 is 0 Å². The van der Waals surface area contributed by atoms with Crippen molar-refractivity contribution in [1.82, 2.24) is 40.1 Å². The van der Waals surface area contributed by atoms with E-state index in [-0.39, 0.29) is 24.3 Å². The Morgan fingerprint density at radius 2 is 1.67 bits per heavy atom. The lowest BCUT2D eigenvalue weighted by atomic mass is 10.0. The lowest BCUT2D eigenvalue weighted by Gasteiger charge is -2.27. The van der Waals surface area contributed by atoms with Crippen LogP contribution in [-0.2, 0) is 22.7 Å². The zero-order valence-electron chi connectivity index (χ0n) is 34.0. The van der Waals surface area contributed by atoms with Crippen LogP contribution in [0.4, 0.5) is 11.4 Å². The molecular weight excluding hydrogens is 761 g/mol. The minimum atomic E-state index is -0.976. The second kappa shape index (κ2) is 18.4. The van der Waals surface area contributed by atoms with Gasteiger partial charge in [0.1, 0.15) is 17.6 Å². The molecule has 5 heterocycles. The molecule has 5 aromatic rings. The third-order valence-electron chi connectivity index (χ3n) is 11.9. The van der Waals surface area contributed by atoms with Crippen molar-refractivity contribution < 1.29 is 24.0 Å². The predicted octanol–water partition coefficient (Wildman–Crippen LogP) is 6.69. The summed E-state index contributed by atoms with van der Waals surface area (Å²) >= 11 is 0. The van der Waals surface area contributed by atoms with Crippen molar-refractivity contribution in [2.24, 2.45) is 0 Å². The predicted molar refractivity (Wildman–Crippen MR) is 227 cm³/mol. The second-order valence-electron chi connectivity index (χ2n) is 16.2. The lowest BCUT2D eigenvalue weighted by molar-refractivity contribution is -0.136. The van der Waals surface area contributed by atoms with Crippen molar-refractivity contribution in [2.75, 3.05) is 23.7 Å². The number of imide groups is 2. The Morgan fingerprint density at radius 3 is 2.43 bits per heavy atom. The minimum Gasteiger partial charge on any atom is -0.384 e. The monoisotopic (exact) mass is 812 g/mol. The number of carbonyl (C=O) groups is 5. The van der Waals surface area contributed by atoms with Gasteiger partial charge in [-0.3, -0.25) is 43.8 Å². The van der Waals surface area contributed by atoms with Crippen LogP contribution in [0.3, 0.4) is 0 Å². The number of piperidine rings is 1. The molecule has 3 aliphatic rings. The SMILES string of the molecule is C[C@H]1CCCN1Cc1nc2ccc(NC(=O)c3ccc(-c4cn(CCCCCCCCCCNc5cccc6c5C(=O)N(C5CCC(=O)NC5=O)C6=O)nn4)cc3)cc2[nH]1. The van der Waals surface area contributed by atoms with Crippen molar-refractivity contribution >= 4 is 51.9 Å². The Kier molecular flexibility index (Phi) is 12.4. The van der Waals surface area contributed by atoms with Gasteiger partial charge in [0, 0.05) is 48.1 Å². The van der Waals surface area contributed by atoms with E-state index in [1.165, 1.54) is 12.8 Å². The molecular formula is C45H52N10O5. The Hall–Kier alpha value is -6.22. The van der Waals surface area contributed by atoms with E-state index >= 15 is 0 Å². The molecule has 0 bridgehead atoms. The number of H-pyrrole nitrogens is 1. The quantitative estimate of drug-likeness (QED) is 0.0549. The number of aromatic nitrogens is 5. The van der Waals surface area contributed by atoms with E-state index in [0.717, 1.165) is 104 Å². The summed E-state index contributed by atoms with van der Waals surface area (Å²) in [6.45, 7) is 5.62. The third-order valence-corrected chi connectivity index (χ3v) is 11.9. The highest BCUT2D eigenvalue weighted by molar-refractivity contribution is 6.25. The Balaban J connectivity index is 0.702. The molecule has 0 aliphatic carbocycles. The first kappa shape index (κ1) is 40.6. The normalized spacial score (nSPS) is 18.1. The van der Waals surface area contributed by atoms with Crippen LogP contribution in [0.1, 0.15) is 121 Å². The van der Waals surface area contributed by atoms with Crippen molar-refractivity contribution in [3.8, 4) is 11.3 Å². The summed E-state index contributed by atoms with van der Waals surface area (Å²) in [5.74, 6) is -1.24. The number of benzene rings is 3. The first-order valence-electron chi connectivity index (χ1n) is 21.3. The smallest absolute Gasteiger partial charge is 0.264 e. The molecule has 2 fully saturated rings. The molecule has 0 radical (unpaired) electrons. The average molecular weight is 813 g/mol. The van der Waals surface area contributed by atoms with Crippen LogP contribution in [0.2, 0.25) is 0 Å². The highest BCUT2D eigenvalue weighted by Gasteiger charge is 2.45. The van der Waals surface area contributed by atoms with Gasteiger partial charge in [-0.1, -0.05) is 61.9 Å². The number of anilines is 2. The summed E-state index contributed by atoms with van der Waals surface area (Å²) < 4.78 is 1.88. The fourth-order valence-electron chi connectivity index (χ4n) is 8.52. The molecule has 5 amide bonds. The van der Waals surface area contributed by atoms with Gasteiger partial charge in [0.05, 0.1) is 34.9 Å². The summed E-state index contributed by atoms with van der Waals surface area (Å²) in [6, 6.07) is 17.9.